The van der Waals surface area contributed by atoms with Crippen molar-refractivity contribution < 1.29 is 27.4 Å². The highest BCUT2D eigenvalue weighted by atomic mass is 19.4. The standard InChI is InChI=1S/C25H29F3N2O3/c1-32-21-7-5-18(6-8-21)22-14-20(15-23(22)24(31)30-9-11-33-12-10-30)29-16-17-3-2-4-19(13-17)25(26,27)28/h2-8,13,20,22-23,29H,9-12,14-16H2,1H3/t20-,22+,23-/m0/s1. The van der Waals surface area contributed by atoms with Crippen LogP contribution < -0.4 is 10.1 Å². The zero-order valence-corrected chi connectivity index (χ0v) is 18.6. The van der Waals surface area contributed by atoms with Gasteiger partial charge in [-0.25, -0.2) is 0 Å². The first-order valence-corrected chi connectivity index (χ1v) is 11.2. The van der Waals surface area contributed by atoms with Crippen molar-refractivity contribution in [1.29, 1.82) is 0 Å². The normalized spacial score (nSPS) is 23.5. The number of hydrogen-bond donors (Lipinski definition) is 1. The van der Waals surface area contributed by atoms with Crippen molar-refractivity contribution in [3.05, 3.63) is 65.2 Å². The van der Waals surface area contributed by atoms with Crippen molar-refractivity contribution in [2.24, 2.45) is 5.92 Å². The Morgan fingerprint density at radius 1 is 1.12 bits per heavy atom. The van der Waals surface area contributed by atoms with E-state index in [-0.39, 0.29) is 23.8 Å². The third-order valence-electron chi connectivity index (χ3n) is 6.60. The molecule has 2 fully saturated rings. The maximum absolute atomic E-state index is 13.4. The number of ether oxygens (including phenoxy) is 2. The lowest BCUT2D eigenvalue weighted by atomic mass is 9.88. The molecule has 0 radical (unpaired) electrons. The average Bonchev–Trinajstić information content (AvgIpc) is 3.27. The van der Waals surface area contributed by atoms with E-state index < -0.39 is 11.7 Å². The number of nitrogens with zero attached hydrogens (tertiary/aromatic N) is 1. The van der Waals surface area contributed by atoms with E-state index >= 15 is 0 Å². The van der Waals surface area contributed by atoms with E-state index in [1.54, 1.807) is 13.2 Å². The van der Waals surface area contributed by atoms with Crippen molar-refractivity contribution in [1.82, 2.24) is 10.2 Å². The molecule has 5 nitrogen and oxygen atoms in total. The van der Waals surface area contributed by atoms with Gasteiger partial charge in [0.2, 0.25) is 5.91 Å². The molecule has 1 aliphatic heterocycles. The quantitative estimate of drug-likeness (QED) is 0.698. The van der Waals surface area contributed by atoms with Crippen molar-refractivity contribution in [3.63, 3.8) is 0 Å². The molecule has 1 amide bonds. The second-order valence-electron chi connectivity index (χ2n) is 8.67. The van der Waals surface area contributed by atoms with Gasteiger partial charge in [-0.15, -0.1) is 0 Å². The molecule has 1 heterocycles. The van der Waals surface area contributed by atoms with Gasteiger partial charge in [-0.05, 0) is 48.1 Å². The number of halogens is 3. The Bertz CT molecular complexity index is 943. The number of methoxy groups -OCH3 is 1. The van der Waals surface area contributed by atoms with Crippen LogP contribution >= 0.6 is 0 Å². The topological polar surface area (TPSA) is 50.8 Å². The Morgan fingerprint density at radius 3 is 2.52 bits per heavy atom. The first kappa shape index (κ1) is 23.6. The zero-order valence-electron chi connectivity index (χ0n) is 18.6. The minimum absolute atomic E-state index is 0.0293. The van der Waals surface area contributed by atoms with Gasteiger partial charge in [0, 0.05) is 31.6 Å². The SMILES string of the molecule is COc1ccc([C@H]2C[C@H](NCc3cccc(C(F)(F)F)c3)C[C@@H]2C(=O)N2CCOCC2)cc1. The first-order valence-electron chi connectivity index (χ1n) is 11.2. The number of nitrogens with one attached hydrogen (secondary N) is 1. The molecule has 3 atom stereocenters. The first-order chi connectivity index (χ1) is 15.8. The predicted molar refractivity (Wildman–Crippen MR) is 118 cm³/mol. The van der Waals surface area contributed by atoms with Crippen LogP contribution in [-0.4, -0.2) is 50.3 Å². The summed E-state index contributed by atoms with van der Waals surface area (Å²) in [4.78, 5) is 15.2. The maximum Gasteiger partial charge on any atom is 0.416 e. The number of morpholine rings is 1. The Hall–Kier alpha value is -2.58. The van der Waals surface area contributed by atoms with Gasteiger partial charge in [0.15, 0.2) is 0 Å². The lowest BCUT2D eigenvalue weighted by Crippen LogP contribution is -2.44. The molecule has 33 heavy (non-hydrogen) atoms. The molecule has 1 saturated heterocycles. The van der Waals surface area contributed by atoms with Gasteiger partial charge in [-0.3, -0.25) is 4.79 Å². The molecule has 2 aromatic carbocycles. The number of amides is 1. The van der Waals surface area contributed by atoms with Crippen LogP contribution in [0.3, 0.4) is 0 Å². The molecule has 1 saturated carbocycles. The van der Waals surface area contributed by atoms with E-state index in [9.17, 15) is 18.0 Å². The Balaban J connectivity index is 1.48. The Kier molecular flexibility index (Phi) is 7.24. The fraction of sp³-hybridized carbons (Fsp3) is 0.480. The summed E-state index contributed by atoms with van der Waals surface area (Å²) in [5.41, 5.74) is 1.00. The summed E-state index contributed by atoms with van der Waals surface area (Å²) in [6.07, 6.45) is -2.98. The number of rotatable bonds is 6. The minimum atomic E-state index is -4.36. The maximum atomic E-state index is 13.4. The van der Waals surface area contributed by atoms with Crippen molar-refractivity contribution >= 4 is 5.91 Å². The van der Waals surface area contributed by atoms with E-state index in [1.165, 1.54) is 12.1 Å². The number of alkyl halides is 3. The molecule has 8 heteroatoms. The highest BCUT2D eigenvalue weighted by Gasteiger charge is 2.41. The van der Waals surface area contributed by atoms with Crippen molar-refractivity contribution in [2.45, 2.75) is 37.5 Å². The molecule has 2 aliphatic rings. The van der Waals surface area contributed by atoms with Gasteiger partial charge in [0.1, 0.15) is 5.75 Å². The molecular weight excluding hydrogens is 433 g/mol. The molecule has 178 valence electrons. The van der Waals surface area contributed by atoms with Crippen LogP contribution in [0, 0.1) is 5.92 Å². The predicted octanol–water partition coefficient (Wildman–Crippen LogP) is 4.22. The van der Waals surface area contributed by atoms with E-state index in [0.29, 0.717) is 44.8 Å². The molecule has 1 N–H and O–H groups in total. The number of carbonyl (C=O) groups excluding carboxylic acids is 1. The summed E-state index contributed by atoms with van der Waals surface area (Å²) in [7, 11) is 1.61. The van der Waals surface area contributed by atoms with E-state index in [0.717, 1.165) is 23.8 Å². The second-order valence-corrected chi connectivity index (χ2v) is 8.67. The Labute approximate surface area is 191 Å². The third kappa shape index (κ3) is 5.68. The van der Waals surface area contributed by atoms with E-state index in [1.807, 2.05) is 29.2 Å². The summed E-state index contributed by atoms with van der Waals surface area (Å²) < 4.78 is 49.8. The van der Waals surface area contributed by atoms with E-state index in [4.69, 9.17) is 9.47 Å². The highest BCUT2D eigenvalue weighted by molar-refractivity contribution is 5.80. The fourth-order valence-electron chi connectivity index (χ4n) is 4.83. The summed E-state index contributed by atoms with van der Waals surface area (Å²) in [6.45, 7) is 2.59. The molecule has 0 aromatic heterocycles. The number of carbonyl (C=O) groups is 1. The van der Waals surface area contributed by atoms with Crippen LogP contribution in [0.15, 0.2) is 48.5 Å². The summed E-state index contributed by atoms with van der Waals surface area (Å²) >= 11 is 0. The Morgan fingerprint density at radius 2 is 1.85 bits per heavy atom. The minimum Gasteiger partial charge on any atom is -0.497 e. The van der Waals surface area contributed by atoms with Crippen LogP contribution in [0.25, 0.3) is 0 Å². The molecule has 0 bridgehead atoms. The molecular formula is C25H29F3N2O3. The molecule has 0 spiro atoms. The molecule has 2 aromatic rings. The largest absolute Gasteiger partial charge is 0.497 e. The monoisotopic (exact) mass is 462 g/mol. The van der Waals surface area contributed by atoms with Gasteiger partial charge in [-0.2, -0.15) is 13.2 Å². The van der Waals surface area contributed by atoms with Gasteiger partial charge < -0.3 is 19.7 Å². The van der Waals surface area contributed by atoms with Gasteiger partial charge in [-0.1, -0.05) is 30.3 Å². The molecule has 1 aliphatic carbocycles. The number of hydrogen-bond acceptors (Lipinski definition) is 4. The second kappa shape index (κ2) is 10.1. The van der Waals surface area contributed by atoms with Gasteiger partial charge in [0.05, 0.1) is 25.9 Å². The van der Waals surface area contributed by atoms with Gasteiger partial charge >= 0.3 is 6.18 Å². The highest BCUT2D eigenvalue weighted by Crippen LogP contribution is 2.41. The van der Waals surface area contributed by atoms with Crippen molar-refractivity contribution in [2.75, 3.05) is 33.4 Å². The molecule has 0 unspecified atom stereocenters. The van der Waals surface area contributed by atoms with Crippen LogP contribution in [0.1, 0.15) is 35.4 Å². The molecule has 4 rings (SSSR count). The zero-order chi connectivity index (χ0) is 23.4. The van der Waals surface area contributed by atoms with Gasteiger partial charge in [0.25, 0.3) is 0 Å². The van der Waals surface area contributed by atoms with E-state index in [2.05, 4.69) is 5.32 Å². The lowest BCUT2D eigenvalue weighted by molar-refractivity contribution is -0.140. The summed E-state index contributed by atoms with van der Waals surface area (Å²) in [5, 5.41) is 3.40. The van der Waals surface area contributed by atoms with Crippen LogP contribution in [0.5, 0.6) is 5.75 Å². The third-order valence-corrected chi connectivity index (χ3v) is 6.60. The smallest absolute Gasteiger partial charge is 0.416 e. The van der Waals surface area contributed by atoms with Crippen LogP contribution in [-0.2, 0) is 22.3 Å². The van der Waals surface area contributed by atoms with Crippen LogP contribution in [0.4, 0.5) is 13.2 Å². The lowest BCUT2D eigenvalue weighted by Gasteiger charge is -2.31. The number of benzene rings is 2. The summed E-state index contributed by atoms with van der Waals surface area (Å²) in [5.74, 6) is 0.732. The van der Waals surface area contributed by atoms with Crippen LogP contribution in [0.2, 0.25) is 0 Å². The van der Waals surface area contributed by atoms with Crippen molar-refractivity contribution in [3.8, 4) is 5.75 Å². The summed E-state index contributed by atoms with van der Waals surface area (Å²) in [6, 6.07) is 13.2. The fourth-order valence-corrected chi connectivity index (χ4v) is 4.83. The average molecular weight is 463 g/mol.